The number of carbonyl (C=O) groups excluding carboxylic acids is 2. The molecule has 5 nitrogen and oxygen atoms in total. The summed E-state index contributed by atoms with van der Waals surface area (Å²) in [4.78, 5) is 28.3. The van der Waals surface area contributed by atoms with Crippen molar-refractivity contribution in [3.05, 3.63) is 30.1 Å². The lowest BCUT2D eigenvalue weighted by Crippen LogP contribution is -2.43. The lowest BCUT2D eigenvalue weighted by Gasteiger charge is -2.36. The van der Waals surface area contributed by atoms with Crippen molar-refractivity contribution in [3.8, 4) is 0 Å². The zero-order valence-electron chi connectivity index (χ0n) is 15.3. The van der Waals surface area contributed by atoms with E-state index in [1.165, 1.54) is 12.5 Å². The maximum absolute atomic E-state index is 13.6. The highest BCUT2D eigenvalue weighted by Crippen LogP contribution is 2.22. The minimum Gasteiger partial charge on any atom is -0.343 e. The Morgan fingerprint density at radius 3 is 2.77 bits per heavy atom. The summed E-state index contributed by atoms with van der Waals surface area (Å²) in [5, 5.41) is 2.65. The standard InChI is InChI=1S/C20H28FN3O2/c21-17-7-1-2-8-18(17)22-19(25)11-15-23-12-4-3-6-16(23)10-14-24-13-5-9-20(24)26/h1-2,7-8,16H,3-6,9-15H2,(H,22,25)/t16-/m1/s1. The third-order valence-corrected chi connectivity index (χ3v) is 5.43. The van der Waals surface area contributed by atoms with E-state index in [9.17, 15) is 14.0 Å². The molecule has 6 heteroatoms. The minimum absolute atomic E-state index is 0.158. The number of amides is 2. The maximum atomic E-state index is 13.6. The Hall–Kier alpha value is -1.95. The van der Waals surface area contributed by atoms with Crippen LogP contribution in [0.3, 0.4) is 0 Å². The van der Waals surface area contributed by atoms with Crippen LogP contribution >= 0.6 is 0 Å². The molecule has 0 unspecified atom stereocenters. The van der Waals surface area contributed by atoms with E-state index in [1.807, 2.05) is 4.90 Å². The molecule has 2 aliphatic heterocycles. The van der Waals surface area contributed by atoms with Gasteiger partial charge >= 0.3 is 0 Å². The third-order valence-electron chi connectivity index (χ3n) is 5.43. The summed E-state index contributed by atoms with van der Waals surface area (Å²) in [6, 6.07) is 6.66. The molecule has 2 aliphatic rings. The van der Waals surface area contributed by atoms with Gasteiger partial charge in [-0.2, -0.15) is 0 Å². The van der Waals surface area contributed by atoms with Gasteiger partial charge in [0.15, 0.2) is 0 Å². The van der Waals surface area contributed by atoms with E-state index in [-0.39, 0.29) is 17.5 Å². The van der Waals surface area contributed by atoms with Crippen LogP contribution in [-0.4, -0.2) is 53.8 Å². The number of nitrogens with one attached hydrogen (secondary N) is 1. The van der Waals surface area contributed by atoms with Gasteiger partial charge in [0.05, 0.1) is 5.69 Å². The molecule has 2 heterocycles. The van der Waals surface area contributed by atoms with E-state index in [0.717, 1.165) is 45.3 Å². The molecule has 1 aromatic carbocycles. The van der Waals surface area contributed by atoms with E-state index >= 15 is 0 Å². The zero-order chi connectivity index (χ0) is 18.4. The molecule has 0 aromatic heterocycles. The second kappa shape index (κ2) is 9.12. The van der Waals surface area contributed by atoms with Gasteiger partial charge in [-0.1, -0.05) is 18.6 Å². The number of nitrogens with zero attached hydrogens (tertiary/aromatic N) is 2. The largest absolute Gasteiger partial charge is 0.343 e. The number of anilines is 1. The molecule has 26 heavy (non-hydrogen) atoms. The van der Waals surface area contributed by atoms with Crippen molar-refractivity contribution in [2.75, 3.05) is 31.5 Å². The molecule has 2 saturated heterocycles. The Bertz CT molecular complexity index is 637. The molecule has 0 saturated carbocycles. The molecule has 1 atom stereocenters. The van der Waals surface area contributed by atoms with Crippen LogP contribution in [0.25, 0.3) is 0 Å². The first kappa shape index (κ1) is 18.8. The van der Waals surface area contributed by atoms with Crippen LogP contribution in [0.5, 0.6) is 0 Å². The molecule has 2 fully saturated rings. The third kappa shape index (κ3) is 5.04. The molecule has 1 aromatic rings. The van der Waals surface area contributed by atoms with Crippen LogP contribution in [0.4, 0.5) is 10.1 Å². The van der Waals surface area contributed by atoms with E-state index in [0.29, 0.717) is 25.4 Å². The van der Waals surface area contributed by atoms with Crippen molar-refractivity contribution >= 4 is 17.5 Å². The molecule has 0 radical (unpaired) electrons. The van der Waals surface area contributed by atoms with E-state index < -0.39 is 5.82 Å². The van der Waals surface area contributed by atoms with Gasteiger partial charge in [-0.05, 0) is 44.4 Å². The van der Waals surface area contributed by atoms with Gasteiger partial charge in [-0.15, -0.1) is 0 Å². The first-order chi connectivity index (χ1) is 12.6. The lowest BCUT2D eigenvalue weighted by atomic mass is 9.99. The Labute approximate surface area is 154 Å². The number of piperidine rings is 1. The van der Waals surface area contributed by atoms with Gasteiger partial charge in [-0.3, -0.25) is 14.5 Å². The minimum atomic E-state index is -0.410. The highest BCUT2D eigenvalue weighted by Gasteiger charge is 2.26. The number of benzene rings is 1. The zero-order valence-corrected chi connectivity index (χ0v) is 15.3. The monoisotopic (exact) mass is 361 g/mol. The molecular weight excluding hydrogens is 333 g/mol. The summed E-state index contributed by atoms with van der Waals surface area (Å²) >= 11 is 0. The van der Waals surface area contributed by atoms with Crippen molar-refractivity contribution in [3.63, 3.8) is 0 Å². The first-order valence-electron chi connectivity index (χ1n) is 9.69. The molecule has 0 aliphatic carbocycles. The Kier molecular flexibility index (Phi) is 6.61. The number of hydrogen-bond donors (Lipinski definition) is 1. The fourth-order valence-corrected chi connectivity index (χ4v) is 3.95. The second-order valence-corrected chi connectivity index (χ2v) is 7.24. The molecule has 3 rings (SSSR count). The van der Waals surface area contributed by atoms with Crippen LogP contribution in [0.1, 0.15) is 44.9 Å². The number of carbonyl (C=O) groups is 2. The topological polar surface area (TPSA) is 52.7 Å². The highest BCUT2D eigenvalue weighted by molar-refractivity contribution is 5.90. The Morgan fingerprint density at radius 2 is 2.00 bits per heavy atom. The lowest BCUT2D eigenvalue weighted by molar-refractivity contribution is -0.127. The van der Waals surface area contributed by atoms with Crippen LogP contribution in [0.2, 0.25) is 0 Å². The summed E-state index contributed by atoms with van der Waals surface area (Å²) < 4.78 is 13.6. The van der Waals surface area contributed by atoms with Gasteiger partial charge < -0.3 is 10.2 Å². The molecule has 0 spiro atoms. The summed E-state index contributed by atoms with van der Waals surface area (Å²) in [5.74, 6) is -0.294. The number of hydrogen-bond acceptors (Lipinski definition) is 3. The quantitative estimate of drug-likeness (QED) is 0.812. The summed E-state index contributed by atoms with van der Waals surface area (Å²) in [6.07, 6.45) is 6.46. The summed E-state index contributed by atoms with van der Waals surface area (Å²) in [5.41, 5.74) is 0.236. The number of rotatable bonds is 7. The van der Waals surface area contributed by atoms with Crippen LogP contribution in [-0.2, 0) is 9.59 Å². The molecule has 2 amide bonds. The van der Waals surface area contributed by atoms with Crippen molar-refractivity contribution < 1.29 is 14.0 Å². The van der Waals surface area contributed by atoms with Crippen LogP contribution < -0.4 is 5.32 Å². The second-order valence-electron chi connectivity index (χ2n) is 7.24. The van der Waals surface area contributed by atoms with E-state index in [1.54, 1.807) is 18.2 Å². The smallest absolute Gasteiger partial charge is 0.225 e. The average molecular weight is 361 g/mol. The van der Waals surface area contributed by atoms with Crippen LogP contribution in [0, 0.1) is 5.82 Å². The van der Waals surface area contributed by atoms with E-state index in [2.05, 4.69) is 10.2 Å². The summed E-state index contributed by atoms with van der Waals surface area (Å²) in [6.45, 7) is 3.38. The normalized spacial score (nSPS) is 21.2. The van der Waals surface area contributed by atoms with Crippen molar-refractivity contribution in [2.45, 2.75) is 51.0 Å². The average Bonchev–Trinajstić information content (AvgIpc) is 3.06. The summed E-state index contributed by atoms with van der Waals surface area (Å²) in [7, 11) is 0. The molecule has 1 N–H and O–H groups in total. The first-order valence-corrected chi connectivity index (χ1v) is 9.69. The SMILES string of the molecule is O=C(CCN1CCCC[C@@H]1CCN1CCCC1=O)Nc1ccccc1F. The molecular formula is C20H28FN3O2. The van der Waals surface area contributed by atoms with Crippen molar-refractivity contribution in [1.82, 2.24) is 9.80 Å². The van der Waals surface area contributed by atoms with E-state index in [4.69, 9.17) is 0 Å². The van der Waals surface area contributed by atoms with Crippen molar-refractivity contribution in [2.24, 2.45) is 0 Å². The van der Waals surface area contributed by atoms with Gasteiger partial charge in [-0.25, -0.2) is 4.39 Å². The number of likely N-dealkylation sites (tertiary alicyclic amines) is 2. The van der Waals surface area contributed by atoms with Gasteiger partial charge in [0.25, 0.3) is 0 Å². The van der Waals surface area contributed by atoms with Gasteiger partial charge in [0.1, 0.15) is 5.82 Å². The highest BCUT2D eigenvalue weighted by atomic mass is 19.1. The molecule has 142 valence electrons. The number of halogens is 1. The Morgan fingerprint density at radius 1 is 1.15 bits per heavy atom. The van der Waals surface area contributed by atoms with Gasteiger partial charge in [0.2, 0.25) is 11.8 Å². The Balaban J connectivity index is 1.46. The number of para-hydroxylation sites is 1. The fourth-order valence-electron chi connectivity index (χ4n) is 3.95. The van der Waals surface area contributed by atoms with Gasteiger partial charge in [0, 0.05) is 38.5 Å². The molecule has 0 bridgehead atoms. The maximum Gasteiger partial charge on any atom is 0.225 e. The fraction of sp³-hybridized carbons (Fsp3) is 0.600. The van der Waals surface area contributed by atoms with Crippen molar-refractivity contribution in [1.29, 1.82) is 0 Å². The predicted molar refractivity (Wildman–Crippen MR) is 99.3 cm³/mol. The predicted octanol–water partition coefficient (Wildman–Crippen LogP) is 3.02. The van der Waals surface area contributed by atoms with Crippen LogP contribution in [0.15, 0.2) is 24.3 Å².